The van der Waals surface area contributed by atoms with Crippen LogP contribution in [0.15, 0.2) is 30.8 Å². The van der Waals surface area contributed by atoms with Crippen LogP contribution >= 0.6 is 0 Å². The van der Waals surface area contributed by atoms with Gasteiger partial charge in [-0.05, 0) is 31.0 Å². The molecule has 0 aliphatic heterocycles. The van der Waals surface area contributed by atoms with Crippen LogP contribution in [0.5, 0.6) is 0 Å². The predicted octanol–water partition coefficient (Wildman–Crippen LogP) is 2.67. The first kappa shape index (κ1) is 11.5. The number of hydrogen-bond acceptors (Lipinski definition) is 1. The van der Waals surface area contributed by atoms with Gasteiger partial charge in [-0.25, -0.2) is 0 Å². The quantitative estimate of drug-likeness (QED) is 0.799. The Kier molecular flexibility index (Phi) is 4.10. The van der Waals surface area contributed by atoms with Gasteiger partial charge in [-0.3, -0.25) is 4.79 Å². The van der Waals surface area contributed by atoms with Gasteiger partial charge in [0, 0.05) is 12.1 Å². The van der Waals surface area contributed by atoms with E-state index in [0.29, 0.717) is 18.5 Å². The summed E-state index contributed by atoms with van der Waals surface area (Å²) >= 11 is 0. The summed E-state index contributed by atoms with van der Waals surface area (Å²) in [6, 6.07) is 7.42. The number of nitrogens with one attached hydrogen (secondary N) is 1. The molecular formula is C13H16NO. The number of benzene rings is 1. The molecule has 79 valence electrons. The molecule has 1 N–H and O–H groups in total. The zero-order valence-electron chi connectivity index (χ0n) is 9.05. The number of amides is 1. The zero-order valence-corrected chi connectivity index (χ0v) is 9.05. The number of allylic oxidation sites excluding steroid dienone is 1. The van der Waals surface area contributed by atoms with Crippen molar-refractivity contribution in [2.75, 3.05) is 6.54 Å². The minimum Gasteiger partial charge on any atom is -0.352 e. The molecule has 0 fully saturated rings. The van der Waals surface area contributed by atoms with E-state index < -0.39 is 0 Å². The average Bonchev–Trinajstić information content (AvgIpc) is 2.26. The standard InChI is InChI=1S/C13H16NO/c1-4-9-14-13(15)12-7-5-11(6-8-12)10(2)3/h5-8H,1-2,4,9H2,3H3,(H,14,15). The lowest BCUT2D eigenvalue weighted by molar-refractivity contribution is 0.0954. The summed E-state index contributed by atoms with van der Waals surface area (Å²) in [5.41, 5.74) is 2.73. The van der Waals surface area contributed by atoms with Gasteiger partial charge in [0.25, 0.3) is 5.91 Å². The summed E-state index contributed by atoms with van der Waals surface area (Å²) in [5, 5.41) is 2.77. The summed E-state index contributed by atoms with van der Waals surface area (Å²) in [6.45, 7) is 10.1. The second kappa shape index (κ2) is 5.35. The van der Waals surface area contributed by atoms with Crippen molar-refractivity contribution in [3.8, 4) is 0 Å². The maximum Gasteiger partial charge on any atom is 0.251 e. The van der Waals surface area contributed by atoms with Crippen LogP contribution in [0.2, 0.25) is 0 Å². The third-order valence-electron chi connectivity index (χ3n) is 2.10. The Balaban J connectivity index is 2.71. The van der Waals surface area contributed by atoms with Crippen molar-refractivity contribution in [3.63, 3.8) is 0 Å². The fourth-order valence-corrected chi connectivity index (χ4v) is 1.21. The van der Waals surface area contributed by atoms with Gasteiger partial charge in [-0.15, -0.1) is 0 Å². The highest BCUT2D eigenvalue weighted by molar-refractivity contribution is 5.94. The van der Waals surface area contributed by atoms with Crippen LogP contribution in [-0.2, 0) is 0 Å². The Morgan fingerprint density at radius 3 is 2.27 bits per heavy atom. The highest BCUT2D eigenvalue weighted by Gasteiger charge is 2.03. The third-order valence-corrected chi connectivity index (χ3v) is 2.10. The Morgan fingerprint density at radius 1 is 1.27 bits per heavy atom. The lowest BCUT2D eigenvalue weighted by atomic mass is 10.1. The van der Waals surface area contributed by atoms with E-state index in [4.69, 9.17) is 0 Å². The molecule has 0 aromatic heterocycles. The number of carbonyl (C=O) groups excluding carboxylic acids is 1. The van der Waals surface area contributed by atoms with Crippen LogP contribution in [0.4, 0.5) is 0 Å². The Morgan fingerprint density at radius 2 is 1.80 bits per heavy atom. The minimum absolute atomic E-state index is 0.0492. The Labute approximate surface area is 91.0 Å². The van der Waals surface area contributed by atoms with Crippen LogP contribution in [0.1, 0.15) is 29.3 Å². The average molecular weight is 202 g/mol. The highest BCUT2D eigenvalue weighted by atomic mass is 16.1. The predicted molar refractivity (Wildman–Crippen MR) is 63.5 cm³/mol. The first-order valence-corrected chi connectivity index (χ1v) is 4.98. The van der Waals surface area contributed by atoms with Crippen molar-refractivity contribution < 1.29 is 4.79 Å². The smallest absolute Gasteiger partial charge is 0.251 e. The molecule has 2 heteroatoms. The zero-order chi connectivity index (χ0) is 11.3. The van der Waals surface area contributed by atoms with Crippen molar-refractivity contribution in [2.24, 2.45) is 0 Å². The van der Waals surface area contributed by atoms with Gasteiger partial charge in [-0.2, -0.15) is 0 Å². The molecular weight excluding hydrogens is 186 g/mol. The largest absolute Gasteiger partial charge is 0.352 e. The number of rotatable bonds is 4. The second-order valence-corrected chi connectivity index (χ2v) is 3.47. The molecule has 0 unspecified atom stereocenters. The first-order valence-electron chi connectivity index (χ1n) is 4.98. The van der Waals surface area contributed by atoms with E-state index in [0.717, 1.165) is 11.1 Å². The summed E-state index contributed by atoms with van der Waals surface area (Å²) in [7, 11) is 0. The van der Waals surface area contributed by atoms with Crippen LogP contribution in [0.3, 0.4) is 0 Å². The number of carbonyl (C=O) groups is 1. The van der Waals surface area contributed by atoms with Gasteiger partial charge >= 0.3 is 0 Å². The maximum absolute atomic E-state index is 11.5. The lowest BCUT2D eigenvalue weighted by Gasteiger charge is -2.04. The molecule has 0 atom stereocenters. The number of hydrogen-bond donors (Lipinski definition) is 1. The molecule has 0 aliphatic rings. The second-order valence-electron chi connectivity index (χ2n) is 3.47. The molecule has 0 spiro atoms. The van der Waals surface area contributed by atoms with E-state index in [2.05, 4.69) is 18.8 Å². The molecule has 0 aliphatic carbocycles. The van der Waals surface area contributed by atoms with Crippen LogP contribution in [-0.4, -0.2) is 12.5 Å². The lowest BCUT2D eigenvalue weighted by Crippen LogP contribution is -2.23. The summed E-state index contributed by atoms with van der Waals surface area (Å²) in [5.74, 6) is -0.0492. The normalized spacial score (nSPS) is 9.73. The van der Waals surface area contributed by atoms with E-state index in [1.807, 2.05) is 31.2 Å². The summed E-state index contributed by atoms with van der Waals surface area (Å²) < 4.78 is 0. The van der Waals surface area contributed by atoms with E-state index >= 15 is 0 Å². The maximum atomic E-state index is 11.5. The van der Waals surface area contributed by atoms with Gasteiger partial charge in [0.1, 0.15) is 0 Å². The van der Waals surface area contributed by atoms with Crippen LogP contribution in [0.25, 0.3) is 5.57 Å². The van der Waals surface area contributed by atoms with Crippen molar-refractivity contribution in [2.45, 2.75) is 13.3 Å². The summed E-state index contributed by atoms with van der Waals surface area (Å²) in [4.78, 5) is 11.5. The van der Waals surface area contributed by atoms with Gasteiger partial charge in [0.15, 0.2) is 0 Å². The van der Waals surface area contributed by atoms with Gasteiger partial charge in [0.05, 0.1) is 0 Å². The topological polar surface area (TPSA) is 29.1 Å². The van der Waals surface area contributed by atoms with Gasteiger partial charge < -0.3 is 5.32 Å². The summed E-state index contributed by atoms with van der Waals surface area (Å²) in [6.07, 6.45) is 0.704. The fraction of sp³-hybridized carbons (Fsp3) is 0.231. The fourth-order valence-electron chi connectivity index (χ4n) is 1.21. The van der Waals surface area contributed by atoms with E-state index in [1.165, 1.54) is 0 Å². The molecule has 2 nitrogen and oxygen atoms in total. The van der Waals surface area contributed by atoms with Crippen LogP contribution in [0, 0.1) is 6.92 Å². The Bertz CT molecular complexity index is 351. The van der Waals surface area contributed by atoms with Crippen molar-refractivity contribution in [1.82, 2.24) is 5.32 Å². The molecule has 0 heterocycles. The van der Waals surface area contributed by atoms with Crippen molar-refractivity contribution in [3.05, 3.63) is 48.9 Å². The molecule has 0 saturated heterocycles. The third kappa shape index (κ3) is 3.24. The van der Waals surface area contributed by atoms with Crippen molar-refractivity contribution >= 4 is 11.5 Å². The van der Waals surface area contributed by atoms with E-state index in [1.54, 1.807) is 0 Å². The molecule has 1 aromatic rings. The molecule has 1 aromatic carbocycles. The highest BCUT2D eigenvalue weighted by Crippen LogP contribution is 2.12. The van der Waals surface area contributed by atoms with Crippen LogP contribution < -0.4 is 5.32 Å². The molecule has 0 saturated carbocycles. The van der Waals surface area contributed by atoms with E-state index in [-0.39, 0.29) is 5.91 Å². The first-order chi connectivity index (χ1) is 7.15. The minimum atomic E-state index is -0.0492. The molecule has 0 bridgehead atoms. The Hall–Kier alpha value is -1.57. The molecule has 1 amide bonds. The van der Waals surface area contributed by atoms with E-state index in [9.17, 15) is 4.79 Å². The van der Waals surface area contributed by atoms with Gasteiger partial charge in [0.2, 0.25) is 0 Å². The molecule has 15 heavy (non-hydrogen) atoms. The monoisotopic (exact) mass is 202 g/mol. The van der Waals surface area contributed by atoms with Gasteiger partial charge in [-0.1, -0.05) is 31.2 Å². The van der Waals surface area contributed by atoms with Crippen molar-refractivity contribution in [1.29, 1.82) is 0 Å². The molecule has 1 rings (SSSR count). The molecule has 1 radical (unpaired) electrons. The SMILES string of the molecule is [CH2]CCNC(=O)c1ccc(C(=C)C)cc1.